The van der Waals surface area contributed by atoms with Crippen LogP contribution in [-0.4, -0.2) is 15.0 Å². The summed E-state index contributed by atoms with van der Waals surface area (Å²) in [6.07, 6.45) is 0. The van der Waals surface area contributed by atoms with E-state index in [4.69, 9.17) is 21.2 Å². The van der Waals surface area contributed by atoms with E-state index in [2.05, 4.69) is 51.4 Å². The Hall–Kier alpha value is -4.90. The first-order valence-corrected chi connectivity index (χ1v) is 14.3. The molecule has 8 aromatic rings. The van der Waals surface area contributed by atoms with E-state index in [1.54, 1.807) is 0 Å². The Bertz CT molecular complexity index is 2650. The van der Waals surface area contributed by atoms with Crippen molar-refractivity contribution in [3.05, 3.63) is 139 Å². The number of aromatic nitrogens is 3. The third kappa shape index (κ3) is 4.33. The van der Waals surface area contributed by atoms with Crippen LogP contribution in [0.2, 0.25) is 5.28 Å². The summed E-state index contributed by atoms with van der Waals surface area (Å²) in [7, 11) is 0. The van der Waals surface area contributed by atoms with Gasteiger partial charge in [-0.1, -0.05) is 109 Å². The fraction of sp³-hybridized carbons (Fsp3) is 0. The van der Waals surface area contributed by atoms with Gasteiger partial charge in [-0.2, -0.15) is 9.97 Å². The van der Waals surface area contributed by atoms with Crippen molar-refractivity contribution in [2.24, 2.45) is 0 Å². The van der Waals surface area contributed by atoms with Crippen LogP contribution in [0.25, 0.3) is 76.0 Å². The van der Waals surface area contributed by atoms with Crippen molar-refractivity contribution in [2.45, 2.75) is 0 Å². The first kappa shape index (κ1) is 18.5. The molecular formula is C37H22ClN3S. The number of hydrogen-bond donors (Lipinski definition) is 0. The van der Waals surface area contributed by atoms with Crippen molar-refractivity contribution < 1.29 is 9.60 Å². The SMILES string of the molecule is [2H]c1c([2H])c([2H])c2c(sc3c([2H])c([2H])c([2H])c(-c4nc(Cl)nc(-c5ccc(-c6cc(-c7ccccc7)cc7ccccc67)cc5)n4)c32)c1[2H]. The van der Waals surface area contributed by atoms with Crippen LogP contribution >= 0.6 is 22.9 Å². The minimum Gasteiger partial charge on any atom is -0.208 e. The van der Waals surface area contributed by atoms with Gasteiger partial charge in [0.15, 0.2) is 11.6 Å². The standard InChI is InChI=1S/C37H22ClN3S/c38-37-40-35(39-36(41-37)30-14-8-16-33-34(30)29-13-6-7-15-32(29)42-33)25-19-17-24(18-20-25)31-22-27(23-9-2-1-3-10-23)21-26-11-4-5-12-28(26)31/h1-22H/i6D,7D,8D,13D,14D,15D,16D. The lowest BCUT2D eigenvalue weighted by Crippen LogP contribution is -1.97. The van der Waals surface area contributed by atoms with Crippen LogP contribution < -0.4 is 0 Å². The third-order valence-corrected chi connectivity index (χ3v) is 8.39. The highest BCUT2D eigenvalue weighted by Crippen LogP contribution is 2.40. The summed E-state index contributed by atoms with van der Waals surface area (Å²) in [4.78, 5) is 13.4. The van der Waals surface area contributed by atoms with Crippen LogP contribution in [0.4, 0.5) is 0 Å². The van der Waals surface area contributed by atoms with Crippen molar-refractivity contribution in [3.8, 4) is 45.0 Å². The van der Waals surface area contributed by atoms with Crippen molar-refractivity contribution >= 4 is 53.9 Å². The summed E-state index contributed by atoms with van der Waals surface area (Å²) in [5.41, 5.74) is 4.94. The maximum Gasteiger partial charge on any atom is 0.226 e. The molecule has 198 valence electrons. The Morgan fingerprint density at radius 1 is 0.548 bits per heavy atom. The second-order valence-electron chi connectivity index (χ2n) is 9.70. The number of fused-ring (bicyclic) bond motifs is 4. The first-order valence-electron chi connectivity index (χ1n) is 16.7. The Morgan fingerprint density at radius 3 is 2.17 bits per heavy atom. The minimum absolute atomic E-state index is 0.0313. The molecule has 0 radical (unpaired) electrons. The van der Waals surface area contributed by atoms with Gasteiger partial charge in [-0.05, 0) is 68.8 Å². The molecule has 6 aromatic carbocycles. The largest absolute Gasteiger partial charge is 0.226 e. The van der Waals surface area contributed by atoms with Crippen molar-refractivity contribution in [3.63, 3.8) is 0 Å². The lowest BCUT2D eigenvalue weighted by molar-refractivity contribution is 1.07. The summed E-state index contributed by atoms with van der Waals surface area (Å²) in [5, 5.41) is 2.44. The molecule has 0 saturated heterocycles. The van der Waals surface area contributed by atoms with Gasteiger partial charge in [-0.25, -0.2) is 4.98 Å². The van der Waals surface area contributed by atoms with Gasteiger partial charge in [0, 0.05) is 31.3 Å². The van der Waals surface area contributed by atoms with E-state index in [9.17, 15) is 0 Å². The predicted molar refractivity (Wildman–Crippen MR) is 177 cm³/mol. The summed E-state index contributed by atoms with van der Waals surface area (Å²) in [6, 6.07) is 28.2. The van der Waals surface area contributed by atoms with E-state index in [1.807, 2.05) is 54.6 Å². The van der Waals surface area contributed by atoms with Gasteiger partial charge in [0.05, 0.1) is 9.60 Å². The van der Waals surface area contributed by atoms with Crippen molar-refractivity contribution in [1.29, 1.82) is 0 Å². The van der Waals surface area contributed by atoms with Crippen LogP contribution in [0.15, 0.2) is 133 Å². The zero-order chi connectivity index (χ0) is 34.1. The number of nitrogens with zero attached hydrogens (tertiary/aromatic N) is 3. The molecular weight excluding hydrogens is 554 g/mol. The zero-order valence-electron chi connectivity index (χ0n) is 28.8. The van der Waals surface area contributed by atoms with Gasteiger partial charge in [-0.3, -0.25) is 0 Å². The number of rotatable bonds is 4. The highest BCUT2D eigenvalue weighted by atomic mass is 35.5. The molecule has 8 rings (SSSR count). The van der Waals surface area contributed by atoms with E-state index >= 15 is 0 Å². The molecule has 2 aromatic heterocycles. The van der Waals surface area contributed by atoms with Crippen LogP contribution in [0, 0.1) is 0 Å². The van der Waals surface area contributed by atoms with Crippen molar-refractivity contribution in [1.82, 2.24) is 15.0 Å². The van der Waals surface area contributed by atoms with E-state index < -0.39 is 12.1 Å². The monoisotopic (exact) mass is 582 g/mol. The quantitative estimate of drug-likeness (QED) is 0.207. The van der Waals surface area contributed by atoms with E-state index in [0.29, 0.717) is 5.56 Å². The van der Waals surface area contributed by atoms with Gasteiger partial charge in [-0.15, -0.1) is 11.3 Å². The Morgan fingerprint density at radius 2 is 1.29 bits per heavy atom. The Balaban J connectivity index is 1.29. The van der Waals surface area contributed by atoms with E-state index in [-0.39, 0.29) is 72.9 Å². The average molecular weight is 583 g/mol. The second-order valence-corrected chi connectivity index (χ2v) is 11.1. The molecule has 0 unspecified atom stereocenters. The smallest absolute Gasteiger partial charge is 0.208 e. The number of hydrogen-bond acceptors (Lipinski definition) is 4. The maximum absolute atomic E-state index is 8.87. The second kappa shape index (κ2) is 10.2. The molecule has 0 atom stereocenters. The van der Waals surface area contributed by atoms with Gasteiger partial charge in [0.1, 0.15) is 0 Å². The van der Waals surface area contributed by atoms with E-state index in [0.717, 1.165) is 44.4 Å². The van der Waals surface area contributed by atoms with Crippen LogP contribution in [-0.2, 0) is 0 Å². The fourth-order valence-corrected chi connectivity index (χ4v) is 6.39. The van der Waals surface area contributed by atoms with E-state index in [1.165, 1.54) is 0 Å². The summed E-state index contributed by atoms with van der Waals surface area (Å²) >= 11 is 7.44. The highest BCUT2D eigenvalue weighted by Gasteiger charge is 2.16. The summed E-state index contributed by atoms with van der Waals surface area (Å²) < 4.78 is 60.0. The molecule has 0 aliphatic rings. The normalized spacial score (nSPS) is 13.8. The molecule has 0 saturated carbocycles. The molecule has 0 amide bonds. The summed E-state index contributed by atoms with van der Waals surface area (Å²) in [5.74, 6) is 0.191. The lowest BCUT2D eigenvalue weighted by Gasteiger charge is -2.12. The molecule has 0 aliphatic carbocycles. The molecule has 0 aliphatic heterocycles. The van der Waals surface area contributed by atoms with Gasteiger partial charge in [0.2, 0.25) is 5.28 Å². The van der Waals surface area contributed by atoms with Crippen molar-refractivity contribution in [2.75, 3.05) is 0 Å². The molecule has 0 spiro atoms. The highest BCUT2D eigenvalue weighted by molar-refractivity contribution is 7.25. The van der Waals surface area contributed by atoms with Crippen LogP contribution in [0.3, 0.4) is 0 Å². The topological polar surface area (TPSA) is 38.7 Å². The van der Waals surface area contributed by atoms with Gasteiger partial charge < -0.3 is 0 Å². The fourth-order valence-electron chi connectivity index (χ4n) is 5.26. The first-order chi connectivity index (χ1) is 23.6. The maximum atomic E-state index is 8.87. The number of thiophene rings is 1. The summed E-state index contributed by atoms with van der Waals surface area (Å²) in [6.45, 7) is 0. The molecule has 5 heteroatoms. The number of halogens is 1. The van der Waals surface area contributed by atoms with Gasteiger partial charge >= 0.3 is 0 Å². The number of benzene rings is 6. The molecule has 42 heavy (non-hydrogen) atoms. The minimum atomic E-state index is -0.437. The predicted octanol–water partition coefficient (Wildman–Crippen LogP) is 10.7. The Labute approximate surface area is 261 Å². The molecule has 0 fully saturated rings. The Kier molecular flexibility index (Phi) is 4.49. The molecule has 3 nitrogen and oxygen atoms in total. The third-order valence-electron chi connectivity index (χ3n) is 7.20. The molecule has 0 bridgehead atoms. The lowest BCUT2D eigenvalue weighted by atomic mass is 9.92. The zero-order valence-corrected chi connectivity index (χ0v) is 23.4. The van der Waals surface area contributed by atoms with Gasteiger partial charge in [0.25, 0.3) is 0 Å². The van der Waals surface area contributed by atoms with Crippen LogP contribution in [0.5, 0.6) is 0 Å². The molecule has 2 heterocycles. The average Bonchev–Trinajstić information content (AvgIpc) is 3.52. The van der Waals surface area contributed by atoms with Crippen LogP contribution in [0.1, 0.15) is 9.60 Å². The molecule has 0 N–H and O–H groups in total.